The van der Waals surface area contributed by atoms with Crippen LogP contribution in [0, 0.1) is 0 Å². The standard InChI is InChI=1S/C16H23ClN2O2/c1-12-11-21-15(13-6-3-4-7-14(13)17)10-19(12)16(20)8-5-9-18-2/h3-4,6-7,12,15,18H,5,8-11H2,1-2H3. The molecular weight excluding hydrogens is 288 g/mol. The largest absolute Gasteiger partial charge is 0.369 e. The second-order valence-corrected chi connectivity index (χ2v) is 5.85. The summed E-state index contributed by atoms with van der Waals surface area (Å²) in [5.74, 6) is 0.193. The molecule has 1 fully saturated rings. The molecule has 1 amide bonds. The first-order chi connectivity index (χ1) is 10.1. The Morgan fingerprint density at radius 3 is 2.95 bits per heavy atom. The lowest BCUT2D eigenvalue weighted by atomic mass is 10.1. The first-order valence-corrected chi connectivity index (χ1v) is 7.81. The summed E-state index contributed by atoms with van der Waals surface area (Å²) in [4.78, 5) is 14.3. The van der Waals surface area contributed by atoms with Gasteiger partial charge in [0.15, 0.2) is 0 Å². The van der Waals surface area contributed by atoms with Gasteiger partial charge in [0.2, 0.25) is 5.91 Å². The SMILES string of the molecule is CNCCCC(=O)N1CC(c2ccccc2Cl)OCC1C. The lowest BCUT2D eigenvalue weighted by Gasteiger charge is -2.38. The van der Waals surface area contributed by atoms with Crippen molar-refractivity contribution in [3.8, 4) is 0 Å². The number of nitrogens with one attached hydrogen (secondary N) is 1. The van der Waals surface area contributed by atoms with Gasteiger partial charge in [0, 0.05) is 17.0 Å². The van der Waals surface area contributed by atoms with E-state index in [1.165, 1.54) is 0 Å². The Balaban J connectivity index is 2.02. The average Bonchev–Trinajstić information content (AvgIpc) is 2.48. The van der Waals surface area contributed by atoms with E-state index >= 15 is 0 Å². The number of hydrogen-bond acceptors (Lipinski definition) is 3. The van der Waals surface area contributed by atoms with Crippen molar-refractivity contribution in [3.05, 3.63) is 34.9 Å². The number of amides is 1. The van der Waals surface area contributed by atoms with Crippen LogP contribution in [-0.2, 0) is 9.53 Å². The van der Waals surface area contributed by atoms with Crippen LogP contribution in [0.15, 0.2) is 24.3 Å². The molecule has 2 unspecified atom stereocenters. The molecule has 1 aromatic rings. The molecule has 0 aromatic heterocycles. The quantitative estimate of drug-likeness (QED) is 0.850. The highest BCUT2D eigenvalue weighted by Crippen LogP contribution is 2.30. The normalized spacial score (nSPS) is 22.3. The molecule has 1 N–H and O–H groups in total. The Hall–Kier alpha value is -1.10. The van der Waals surface area contributed by atoms with Gasteiger partial charge in [0.1, 0.15) is 6.10 Å². The highest BCUT2D eigenvalue weighted by Gasteiger charge is 2.30. The van der Waals surface area contributed by atoms with E-state index in [0.717, 1.165) is 18.5 Å². The Morgan fingerprint density at radius 1 is 1.48 bits per heavy atom. The van der Waals surface area contributed by atoms with E-state index in [9.17, 15) is 4.79 Å². The zero-order valence-electron chi connectivity index (χ0n) is 12.6. The highest BCUT2D eigenvalue weighted by atomic mass is 35.5. The molecule has 1 aliphatic heterocycles. The van der Waals surface area contributed by atoms with Gasteiger partial charge < -0.3 is 15.0 Å². The molecule has 4 nitrogen and oxygen atoms in total. The number of carbonyl (C=O) groups is 1. The minimum Gasteiger partial charge on any atom is -0.369 e. The van der Waals surface area contributed by atoms with Crippen molar-refractivity contribution in [2.45, 2.75) is 31.9 Å². The van der Waals surface area contributed by atoms with E-state index in [1.807, 2.05) is 43.1 Å². The first kappa shape index (κ1) is 16.3. The maximum Gasteiger partial charge on any atom is 0.223 e. The third-order valence-electron chi connectivity index (χ3n) is 3.82. The molecule has 1 aliphatic rings. The van der Waals surface area contributed by atoms with Gasteiger partial charge in [-0.3, -0.25) is 4.79 Å². The molecule has 1 heterocycles. The number of nitrogens with zero attached hydrogens (tertiary/aromatic N) is 1. The van der Waals surface area contributed by atoms with Gasteiger partial charge in [-0.15, -0.1) is 0 Å². The lowest BCUT2D eigenvalue weighted by Crippen LogP contribution is -2.48. The van der Waals surface area contributed by atoms with Gasteiger partial charge in [0.05, 0.1) is 19.2 Å². The summed E-state index contributed by atoms with van der Waals surface area (Å²) in [6.45, 7) is 4.01. The monoisotopic (exact) mass is 310 g/mol. The van der Waals surface area contributed by atoms with E-state index in [4.69, 9.17) is 16.3 Å². The van der Waals surface area contributed by atoms with Crippen LogP contribution in [0.1, 0.15) is 31.4 Å². The van der Waals surface area contributed by atoms with Gasteiger partial charge in [-0.1, -0.05) is 29.8 Å². The molecule has 5 heteroatoms. The predicted molar refractivity (Wildman–Crippen MR) is 84.5 cm³/mol. The Morgan fingerprint density at radius 2 is 2.24 bits per heavy atom. The summed E-state index contributed by atoms with van der Waals surface area (Å²) in [6, 6.07) is 7.79. The molecule has 1 saturated heterocycles. The number of carbonyl (C=O) groups excluding carboxylic acids is 1. The fourth-order valence-electron chi connectivity index (χ4n) is 2.59. The van der Waals surface area contributed by atoms with Crippen molar-refractivity contribution in [1.82, 2.24) is 10.2 Å². The van der Waals surface area contributed by atoms with E-state index in [-0.39, 0.29) is 18.1 Å². The van der Waals surface area contributed by atoms with Crippen LogP contribution in [0.25, 0.3) is 0 Å². The number of benzene rings is 1. The van der Waals surface area contributed by atoms with Gasteiger partial charge in [-0.05, 0) is 33.0 Å². The fourth-order valence-corrected chi connectivity index (χ4v) is 2.85. The molecule has 0 spiro atoms. The maximum absolute atomic E-state index is 12.4. The third-order valence-corrected chi connectivity index (χ3v) is 4.17. The molecule has 0 aliphatic carbocycles. The molecule has 0 saturated carbocycles. The Kier molecular flexibility index (Phi) is 6.03. The van der Waals surface area contributed by atoms with Gasteiger partial charge in [-0.25, -0.2) is 0 Å². The van der Waals surface area contributed by atoms with Crippen LogP contribution in [0.2, 0.25) is 5.02 Å². The molecule has 116 valence electrons. The summed E-state index contributed by atoms with van der Waals surface area (Å²) in [5.41, 5.74) is 0.957. The Labute approximate surface area is 131 Å². The third kappa shape index (κ3) is 4.19. The number of morpholine rings is 1. The minimum atomic E-state index is -0.136. The second-order valence-electron chi connectivity index (χ2n) is 5.45. The van der Waals surface area contributed by atoms with Crippen LogP contribution in [0.5, 0.6) is 0 Å². The average molecular weight is 311 g/mol. The number of ether oxygens (including phenoxy) is 1. The molecule has 2 rings (SSSR count). The summed E-state index contributed by atoms with van der Waals surface area (Å²) >= 11 is 6.23. The van der Waals surface area contributed by atoms with E-state index in [0.29, 0.717) is 24.6 Å². The van der Waals surface area contributed by atoms with Crippen molar-refractivity contribution in [1.29, 1.82) is 0 Å². The summed E-state index contributed by atoms with van der Waals surface area (Å²) in [7, 11) is 1.90. The number of halogens is 1. The van der Waals surface area contributed by atoms with Crippen molar-refractivity contribution in [2.75, 3.05) is 26.7 Å². The topological polar surface area (TPSA) is 41.6 Å². The van der Waals surface area contributed by atoms with Crippen molar-refractivity contribution in [2.24, 2.45) is 0 Å². The van der Waals surface area contributed by atoms with Crippen LogP contribution in [-0.4, -0.2) is 43.6 Å². The zero-order valence-corrected chi connectivity index (χ0v) is 13.4. The van der Waals surface area contributed by atoms with Gasteiger partial charge in [-0.2, -0.15) is 0 Å². The maximum atomic E-state index is 12.4. The smallest absolute Gasteiger partial charge is 0.223 e. The molecule has 21 heavy (non-hydrogen) atoms. The summed E-state index contributed by atoms with van der Waals surface area (Å²) in [5, 5.41) is 3.76. The Bertz CT molecular complexity index is 481. The summed E-state index contributed by atoms with van der Waals surface area (Å²) < 4.78 is 5.87. The second kappa shape index (κ2) is 7.78. The van der Waals surface area contributed by atoms with Crippen LogP contribution >= 0.6 is 11.6 Å². The first-order valence-electron chi connectivity index (χ1n) is 7.43. The van der Waals surface area contributed by atoms with E-state index in [2.05, 4.69) is 5.32 Å². The number of rotatable bonds is 5. The minimum absolute atomic E-state index is 0.117. The fraction of sp³-hybridized carbons (Fsp3) is 0.562. The predicted octanol–water partition coefficient (Wildman–Crippen LogP) is 2.63. The highest BCUT2D eigenvalue weighted by molar-refractivity contribution is 6.31. The van der Waals surface area contributed by atoms with Crippen LogP contribution < -0.4 is 5.32 Å². The molecule has 0 bridgehead atoms. The van der Waals surface area contributed by atoms with Gasteiger partial charge >= 0.3 is 0 Å². The van der Waals surface area contributed by atoms with Crippen molar-refractivity contribution < 1.29 is 9.53 Å². The molecule has 0 radical (unpaired) electrons. The summed E-state index contributed by atoms with van der Waals surface area (Å²) in [6.07, 6.45) is 1.29. The molecule has 1 aromatic carbocycles. The number of hydrogen-bond donors (Lipinski definition) is 1. The van der Waals surface area contributed by atoms with Crippen LogP contribution in [0.4, 0.5) is 0 Å². The van der Waals surface area contributed by atoms with Crippen LogP contribution in [0.3, 0.4) is 0 Å². The molecular formula is C16H23ClN2O2. The van der Waals surface area contributed by atoms with Crippen molar-refractivity contribution in [3.63, 3.8) is 0 Å². The van der Waals surface area contributed by atoms with Gasteiger partial charge in [0.25, 0.3) is 0 Å². The van der Waals surface area contributed by atoms with E-state index in [1.54, 1.807) is 0 Å². The lowest BCUT2D eigenvalue weighted by molar-refractivity contribution is -0.144. The van der Waals surface area contributed by atoms with E-state index < -0.39 is 0 Å². The zero-order chi connectivity index (χ0) is 15.2. The molecule has 2 atom stereocenters. The van der Waals surface area contributed by atoms with Crippen molar-refractivity contribution >= 4 is 17.5 Å².